The maximum absolute atomic E-state index is 12.6. The fourth-order valence-corrected chi connectivity index (χ4v) is 3.85. The van der Waals surface area contributed by atoms with Crippen LogP contribution in [0.2, 0.25) is 0 Å². The monoisotopic (exact) mass is 407 g/mol. The molecule has 1 aromatic heterocycles. The van der Waals surface area contributed by atoms with Crippen molar-refractivity contribution in [1.82, 2.24) is 10.3 Å². The topological polar surface area (TPSA) is 83.7 Å². The number of methoxy groups -OCH3 is 2. The van der Waals surface area contributed by atoms with E-state index in [0.29, 0.717) is 19.5 Å². The first-order chi connectivity index (χ1) is 14.6. The first kappa shape index (κ1) is 19.8. The molecule has 1 aliphatic heterocycles. The highest BCUT2D eigenvalue weighted by molar-refractivity contribution is 6.00. The summed E-state index contributed by atoms with van der Waals surface area (Å²) in [4.78, 5) is 29.9. The second-order valence-corrected chi connectivity index (χ2v) is 7.37. The molecule has 2 aromatic carbocycles. The third kappa shape index (κ3) is 3.96. The number of carbonyl (C=O) groups is 2. The lowest BCUT2D eigenvalue weighted by Crippen LogP contribution is -2.34. The number of benzene rings is 2. The Labute approximate surface area is 175 Å². The van der Waals surface area contributed by atoms with Crippen molar-refractivity contribution in [1.29, 1.82) is 0 Å². The van der Waals surface area contributed by atoms with E-state index >= 15 is 0 Å². The minimum absolute atomic E-state index is 0.0379. The Balaban J connectivity index is 1.34. The van der Waals surface area contributed by atoms with Crippen LogP contribution in [-0.4, -0.2) is 44.1 Å². The normalized spacial score (nSPS) is 16.1. The molecule has 7 heteroatoms. The van der Waals surface area contributed by atoms with Gasteiger partial charge in [-0.25, -0.2) is 0 Å². The van der Waals surface area contributed by atoms with Gasteiger partial charge in [-0.15, -0.1) is 0 Å². The molecule has 0 radical (unpaired) electrons. The van der Waals surface area contributed by atoms with Gasteiger partial charge in [0, 0.05) is 42.3 Å². The van der Waals surface area contributed by atoms with Gasteiger partial charge in [0.25, 0.3) is 0 Å². The molecule has 0 bridgehead atoms. The minimum Gasteiger partial charge on any atom is -0.497 e. The first-order valence-electron chi connectivity index (χ1n) is 9.95. The Hall–Kier alpha value is -3.48. The van der Waals surface area contributed by atoms with Crippen LogP contribution >= 0.6 is 0 Å². The van der Waals surface area contributed by atoms with Crippen molar-refractivity contribution in [2.75, 3.05) is 32.2 Å². The number of H-pyrrole nitrogens is 1. The van der Waals surface area contributed by atoms with E-state index in [1.165, 1.54) is 0 Å². The van der Waals surface area contributed by atoms with Crippen molar-refractivity contribution in [3.05, 3.63) is 54.2 Å². The van der Waals surface area contributed by atoms with E-state index < -0.39 is 0 Å². The second-order valence-electron chi connectivity index (χ2n) is 7.37. The summed E-state index contributed by atoms with van der Waals surface area (Å²) < 4.78 is 10.5. The molecule has 2 heterocycles. The number of ether oxygens (including phenoxy) is 2. The average molecular weight is 407 g/mol. The third-order valence-corrected chi connectivity index (χ3v) is 5.55. The molecule has 156 valence electrons. The molecule has 0 spiro atoms. The summed E-state index contributed by atoms with van der Waals surface area (Å²) in [7, 11) is 3.25. The van der Waals surface area contributed by atoms with Crippen LogP contribution in [0.25, 0.3) is 10.9 Å². The lowest BCUT2D eigenvalue weighted by Gasteiger charge is -2.17. The average Bonchev–Trinajstić information content (AvgIpc) is 3.37. The fraction of sp³-hybridized carbons (Fsp3) is 0.304. The van der Waals surface area contributed by atoms with Crippen molar-refractivity contribution >= 4 is 28.4 Å². The van der Waals surface area contributed by atoms with Crippen LogP contribution in [0.15, 0.2) is 48.7 Å². The quantitative estimate of drug-likeness (QED) is 0.631. The molecule has 1 fully saturated rings. The van der Waals surface area contributed by atoms with Crippen molar-refractivity contribution in [3.8, 4) is 11.5 Å². The van der Waals surface area contributed by atoms with Crippen LogP contribution in [-0.2, 0) is 16.0 Å². The molecule has 0 saturated carbocycles. The summed E-state index contributed by atoms with van der Waals surface area (Å²) >= 11 is 0. The van der Waals surface area contributed by atoms with Crippen LogP contribution in [0.4, 0.5) is 5.69 Å². The van der Waals surface area contributed by atoms with E-state index in [9.17, 15) is 9.59 Å². The van der Waals surface area contributed by atoms with Crippen LogP contribution in [0.1, 0.15) is 12.0 Å². The maximum Gasteiger partial charge on any atom is 0.227 e. The first-order valence-corrected chi connectivity index (χ1v) is 9.95. The third-order valence-electron chi connectivity index (χ3n) is 5.55. The molecule has 3 aromatic rings. The maximum atomic E-state index is 12.6. The molecule has 1 saturated heterocycles. The highest BCUT2D eigenvalue weighted by atomic mass is 16.5. The minimum atomic E-state index is -0.345. The standard InChI is InChI=1S/C23H25N3O4/c1-29-18-5-3-17(4-6-18)26-14-16(11-22(26)27)23(28)24-10-9-15-13-25-21-8-7-19(30-2)12-20(15)21/h3-8,12-13,16,25H,9-11,14H2,1-2H3,(H,24,28). The number of fused-ring (bicyclic) bond motifs is 1. The Morgan fingerprint density at radius 3 is 2.60 bits per heavy atom. The Bertz CT molecular complexity index is 1060. The number of nitrogens with one attached hydrogen (secondary N) is 2. The van der Waals surface area contributed by atoms with Crippen molar-refractivity contribution in [2.24, 2.45) is 5.92 Å². The predicted molar refractivity (Wildman–Crippen MR) is 115 cm³/mol. The smallest absolute Gasteiger partial charge is 0.227 e. The molecule has 30 heavy (non-hydrogen) atoms. The van der Waals surface area contributed by atoms with Gasteiger partial charge < -0.3 is 24.7 Å². The summed E-state index contributed by atoms with van der Waals surface area (Å²) in [6.07, 6.45) is 2.88. The number of rotatable bonds is 7. The number of amides is 2. The van der Waals surface area contributed by atoms with Crippen molar-refractivity contribution in [2.45, 2.75) is 12.8 Å². The van der Waals surface area contributed by atoms with E-state index in [4.69, 9.17) is 9.47 Å². The molecular formula is C23H25N3O4. The number of carbonyl (C=O) groups excluding carboxylic acids is 2. The van der Waals surface area contributed by atoms with E-state index in [2.05, 4.69) is 10.3 Å². The largest absolute Gasteiger partial charge is 0.497 e. The van der Waals surface area contributed by atoms with E-state index in [1.807, 2.05) is 48.7 Å². The highest BCUT2D eigenvalue weighted by Gasteiger charge is 2.34. The molecule has 4 rings (SSSR count). The van der Waals surface area contributed by atoms with Gasteiger partial charge in [0.15, 0.2) is 0 Å². The Morgan fingerprint density at radius 2 is 1.87 bits per heavy atom. The lowest BCUT2D eigenvalue weighted by atomic mass is 10.1. The predicted octanol–water partition coefficient (Wildman–Crippen LogP) is 2.90. The zero-order chi connectivity index (χ0) is 21.1. The van der Waals surface area contributed by atoms with E-state index in [-0.39, 0.29) is 24.2 Å². The number of aromatic amines is 1. The molecule has 1 atom stereocenters. The Kier molecular flexibility index (Phi) is 5.61. The van der Waals surface area contributed by atoms with Gasteiger partial charge in [-0.2, -0.15) is 0 Å². The van der Waals surface area contributed by atoms with E-state index in [0.717, 1.165) is 33.7 Å². The molecule has 0 aliphatic carbocycles. The van der Waals surface area contributed by atoms with E-state index in [1.54, 1.807) is 19.1 Å². The molecule has 1 aliphatic rings. The second kappa shape index (κ2) is 8.49. The molecule has 1 unspecified atom stereocenters. The van der Waals surface area contributed by atoms with Crippen LogP contribution in [0, 0.1) is 5.92 Å². The van der Waals surface area contributed by atoms with Gasteiger partial charge in [0.2, 0.25) is 11.8 Å². The summed E-state index contributed by atoms with van der Waals surface area (Å²) in [5.41, 5.74) is 2.93. The van der Waals surface area contributed by atoms with Gasteiger partial charge in [-0.3, -0.25) is 9.59 Å². The number of hydrogen-bond acceptors (Lipinski definition) is 4. The summed E-state index contributed by atoms with van der Waals surface area (Å²) in [5, 5.41) is 4.07. The fourth-order valence-electron chi connectivity index (χ4n) is 3.85. The number of hydrogen-bond donors (Lipinski definition) is 2. The molecular weight excluding hydrogens is 382 g/mol. The van der Waals surface area contributed by atoms with Crippen molar-refractivity contribution in [3.63, 3.8) is 0 Å². The van der Waals surface area contributed by atoms with Gasteiger partial charge >= 0.3 is 0 Å². The van der Waals surface area contributed by atoms with Crippen LogP contribution in [0.3, 0.4) is 0 Å². The van der Waals surface area contributed by atoms with Crippen LogP contribution in [0.5, 0.6) is 11.5 Å². The summed E-state index contributed by atoms with van der Waals surface area (Å²) in [6.45, 7) is 0.900. The zero-order valence-electron chi connectivity index (χ0n) is 17.1. The van der Waals surface area contributed by atoms with Gasteiger partial charge in [-0.1, -0.05) is 0 Å². The van der Waals surface area contributed by atoms with Crippen LogP contribution < -0.4 is 19.7 Å². The SMILES string of the molecule is COc1ccc(N2CC(C(=O)NCCc3c[nH]c4ccc(OC)cc34)CC2=O)cc1. The summed E-state index contributed by atoms with van der Waals surface area (Å²) in [6, 6.07) is 13.2. The number of anilines is 1. The van der Waals surface area contributed by atoms with Gasteiger partial charge in [0.1, 0.15) is 11.5 Å². The molecule has 2 amide bonds. The lowest BCUT2D eigenvalue weighted by molar-refractivity contribution is -0.126. The number of aromatic nitrogens is 1. The van der Waals surface area contributed by atoms with Crippen molar-refractivity contribution < 1.29 is 19.1 Å². The van der Waals surface area contributed by atoms with Gasteiger partial charge in [0.05, 0.1) is 20.1 Å². The van der Waals surface area contributed by atoms with Gasteiger partial charge in [-0.05, 0) is 54.4 Å². The zero-order valence-corrected chi connectivity index (χ0v) is 17.1. The molecule has 2 N–H and O–H groups in total. The number of nitrogens with zero attached hydrogens (tertiary/aromatic N) is 1. The highest BCUT2D eigenvalue weighted by Crippen LogP contribution is 2.27. The summed E-state index contributed by atoms with van der Waals surface area (Å²) in [5.74, 6) is 1.06. The molecule has 7 nitrogen and oxygen atoms in total. The Morgan fingerprint density at radius 1 is 1.13 bits per heavy atom.